The van der Waals surface area contributed by atoms with Gasteiger partial charge in [-0.1, -0.05) is 29.8 Å². The third-order valence-corrected chi connectivity index (χ3v) is 3.13. The standard InChI is InChI=1S/C15H10ClNO2/c1-9-7-11(16)8-12-13(9)17-14(19-15(12)18)10-5-3-2-4-6-10/h2-8H,1H3. The number of aromatic nitrogens is 1. The van der Waals surface area contributed by atoms with E-state index in [1.54, 1.807) is 12.1 Å². The molecular formula is C15H10ClNO2. The molecule has 3 aromatic rings. The topological polar surface area (TPSA) is 43.1 Å². The zero-order valence-electron chi connectivity index (χ0n) is 10.2. The Morgan fingerprint density at radius 3 is 2.63 bits per heavy atom. The van der Waals surface area contributed by atoms with Crippen molar-refractivity contribution in [1.82, 2.24) is 4.98 Å². The lowest BCUT2D eigenvalue weighted by Crippen LogP contribution is -2.04. The number of benzene rings is 2. The van der Waals surface area contributed by atoms with Crippen molar-refractivity contribution in [3.05, 3.63) is 63.5 Å². The second-order valence-corrected chi connectivity index (χ2v) is 4.73. The molecule has 1 aromatic heterocycles. The van der Waals surface area contributed by atoms with Gasteiger partial charge in [0.25, 0.3) is 0 Å². The zero-order valence-corrected chi connectivity index (χ0v) is 10.9. The molecule has 1 heterocycles. The number of aryl methyl sites for hydroxylation is 1. The molecule has 3 rings (SSSR count). The predicted octanol–water partition coefficient (Wildman–Crippen LogP) is 3.82. The highest BCUT2D eigenvalue weighted by atomic mass is 35.5. The Bertz CT molecular complexity index is 809. The summed E-state index contributed by atoms with van der Waals surface area (Å²) in [5.74, 6) is 0.323. The van der Waals surface area contributed by atoms with Gasteiger partial charge in [0.05, 0.1) is 10.9 Å². The summed E-state index contributed by atoms with van der Waals surface area (Å²) < 4.78 is 5.26. The number of hydrogen-bond donors (Lipinski definition) is 0. The summed E-state index contributed by atoms with van der Waals surface area (Å²) in [7, 11) is 0. The minimum Gasteiger partial charge on any atom is -0.403 e. The van der Waals surface area contributed by atoms with E-state index in [1.165, 1.54) is 0 Å². The van der Waals surface area contributed by atoms with Crippen LogP contribution in [0.3, 0.4) is 0 Å². The van der Waals surface area contributed by atoms with Gasteiger partial charge in [0.2, 0.25) is 5.89 Å². The van der Waals surface area contributed by atoms with Crippen molar-refractivity contribution < 1.29 is 4.42 Å². The maximum Gasteiger partial charge on any atom is 0.347 e. The fourth-order valence-electron chi connectivity index (χ4n) is 2.01. The van der Waals surface area contributed by atoms with E-state index in [-0.39, 0.29) is 0 Å². The first-order valence-corrected chi connectivity index (χ1v) is 6.19. The molecule has 0 saturated carbocycles. The number of nitrogens with zero attached hydrogens (tertiary/aromatic N) is 1. The van der Waals surface area contributed by atoms with Crippen LogP contribution in [0, 0.1) is 6.92 Å². The maximum absolute atomic E-state index is 12.0. The van der Waals surface area contributed by atoms with Gasteiger partial charge >= 0.3 is 5.63 Å². The van der Waals surface area contributed by atoms with Gasteiger partial charge in [-0.05, 0) is 36.8 Å². The van der Waals surface area contributed by atoms with Crippen LogP contribution in [0.1, 0.15) is 5.56 Å². The van der Waals surface area contributed by atoms with Gasteiger partial charge in [-0.15, -0.1) is 0 Å². The molecule has 0 amide bonds. The first-order valence-electron chi connectivity index (χ1n) is 5.81. The van der Waals surface area contributed by atoms with Crippen LogP contribution in [0.15, 0.2) is 51.7 Å². The molecule has 0 aliphatic rings. The first-order chi connectivity index (χ1) is 9.15. The van der Waals surface area contributed by atoms with Gasteiger partial charge in [0.1, 0.15) is 0 Å². The molecule has 0 saturated heterocycles. The van der Waals surface area contributed by atoms with Crippen molar-refractivity contribution in [1.29, 1.82) is 0 Å². The lowest BCUT2D eigenvalue weighted by molar-refractivity contribution is 0.518. The van der Waals surface area contributed by atoms with E-state index >= 15 is 0 Å². The molecule has 0 aliphatic heterocycles. The molecule has 0 fully saturated rings. The highest BCUT2D eigenvalue weighted by Crippen LogP contribution is 2.23. The van der Waals surface area contributed by atoms with Gasteiger partial charge in [-0.2, -0.15) is 0 Å². The molecule has 0 unspecified atom stereocenters. The highest BCUT2D eigenvalue weighted by molar-refractivity contribution is 6.31. The van der Waals surface area contributed by atoms with E-state index in [1.807, 2.05) is 37.3 Å². The molecule has 0 spiro atoms. The Morgan fingerprint density at radius 1 is 1.16 bits per heavy atom. The van der Waals surface area contributed by atoms with Gasteiger partial charge in [-0.3, -0.25) is 0 Å². The molecule has 0 N–H and O–H groups in total. The van der Waals surface area contributed by atoms with Crippen molar-refractivity contribution in [2.24, 2.45) is 0 Å². The first kappa shape index (κ1) is 11.9. The number of halogens is 1. The van der Waals surface area contributed by atoms with Crippen LogP contribution in [-0.2, 0) is 0 Å². The van der Waals surface area contributed by atoms with E-state index in [0.717, 1.165) is 11.1 Å². The fourth-order valence-corrected chi connectivity index (χ4v) is 2.28. The van der Waals surface area contributed by atoms with E-state index in [4.69, 9.17) is 16.0 Å². The van der Waals surface area contributed by atoms with Gasteiger partial charge in [0, 0.05) is 10.6 Å². The average Bonchev–Trinajstić information content (AvgIpc) is 2.41. The van der Waals surface area contributed by atoms with E-state index in [0.29, 0.717) is 21.8 Å². The average molecular weight is 272 g/mol. The molecule has 0 atom stereocenters. The molecule has 0 radical (unpaired) electrons. The maximum atomic E-state index is 12.0. The summed E-state index contributed by atoms with van der Waals surface area (Å²) in [6, 6.07) is 12.7. The van der Waals surface area contributed by atoms with Crippen LogP contribution < -0.4 is 5.63 Å². The molecule has 94 valence electrons. The summed E-state index contributed by atoms with van der Waals surface area (Å²) in [6.07, 6.45) is 0. The smallest absolute Gasteiger partial charge is 0.347 e. The van der Waals surface area contributed by atoms with Crippen molar-refractivity contribution in [2.75, 3.05) is 0 Å². The van der Waals surface area contributed by atoms with Crippen molar-refractivity contribution in [3.8, 4) is 11.5 Å². The largest absolute Gasteiger partial charge is 0.403 e. The summed E-state index contributed by atoms with van der Waals surface area (Å²) >= 11 is 5.94. The lowest BCUT2D eigenvalue weighted by atomic mass is 10.1. The Kier molecular flexibility index (Phi) is 2.84. The molecule has 2 aromatic carbocycles. The number of hydrogen-bond acceptors (Lipinski definition) is 3. The summed E-state index contributed by atoms with van der Waals surface area (Å²) in [5, 5.41) is 0.913. The molecule has 4 heteroatoms. The normalized spacial score (nSPS) is 10.8. The van der Waals surface area contributed by atoms with Crippen LogP contribution in [0.5, 0.6) is 0 Å². The summed E-state index contributed by atoms with van der Waals surface area (Å²) in [6.45, 7) is 1.87. The minimum absolute atomic E-state index is 0.323. The van der Waals surface area contributed by atoms with E-state index in [9.17, 15) is 4.79 Å². The third-order valence-electron chi connectivity index (χ3n) is 2.91. The van der Waals surface area contributed by atoms with Gasteiger partial charge in [0.15, 0.2) is 0 Å². The van der Waals surface area contributed by atoms with Crippen molar-refractivity contribution >= 4 is 22.5 Å². The molecule has 19 heavy (non-hydrogen) atoms. The second-order valence-electron chi connectivity index (χ2n) is 4.29. The zero-order chi connectivity index (χ0) is 13.4. The minimum atomic E-state index is -0.422. The van der Waals surface area contributed by atoms with Crippen LogP contribution in [0.4, 0.5) is 0 Å². The van der Waals surface area contributed by atoms with E-state index < -0.39 is 5.63 Å². The molecule has 0 aliphatic carbocycles. The summed E-state index contributed by atoms with van der Waals surface area (Å²) in [4.78, 5) is 16.4. The van der Waals surface area contributed by atoms with Gasteiger partial charge < -0.3 is 4.42 Å². The van der Waals surface area contributed by atoms with Crippen molar-refractivity contribution in [3.63, 3.8) is 0 Å². The fraction of sp³-hybridized carbons (Fsp3) is 0.0667. The number of fused-ring (bicyclic) bond motifs is 1. The van der Waals surface area contributed by atoms with Crippen LogP contribution in [-0.4, -0.2) is 4.98 Å². The summed E-state index contributed by atoms with van der Waals surface area (Å²) in [5.41, 5.74) is 1.83. The van der Waals surface area contributed by atoms with Crippen LogP contribution in [0.2, 0.25) is 5.02 Å². The molecule has 0 bridgehead atoms. The SMILES string of the molecule is Cc1cc(Cl)cc2c(=O)oc(-c3ccccc3)nc12. The predicted molar refractivity (Wildman–Crippen MR) is 75.5 cm³/mol. The van der Waals surface area contributed by atoms with E-state index in [2.05, 4.69) is 4.98 Å². The monoisotopic (exact) mass is 271 g/mol. The molecular weight excluding hydrogens is 262 g/mol. The second kappa shape index (κ2) is 4.52. The Morgan fingerprint density at radius 2 is 1.89 bits per heavy atom. The third kappa shape index (κ3) is 2.13. The Hall–Kier alpha value is -2.13. The lowest BCUT2D eigenvalue weighted by Gasteiger charge is -2.04. The Balaban J connectivity index is 2.34. The van der Waals surface area contributed by atoms with Crippen molar-refractivity contribution in [2.45, 2.75) is 6.92 Å². The number of rotatable bonds is 1. The molecule has 3 nitrogen and oxygen atoms in total. The Labute approximate surface area is 114 Å². The van der Waals surface area contributed by atoms with Crippen LogP contribution >= 0.6 is 11.6 Å². The highest BCUT2D eigenvalue weighted by Gasteiger charge is 2.10. The van der Waals surface area contributed by atoms with Gasteiger partial charge in [-0.25, -0.2) is 9.78 Å². The van der Waals surface area contributed by atoms with Crippen LogP contribution in [0.25, 0.3) is 22.4 Å². The quantitative estimate of drug-likeness (QED) is 0.676.